The molecule has 2 aliphatic heterocycles. The Balaban J connectivity index is 1.24. The van der Waals surface area contributed by atoms with Crippen molar-refractivity contribution in [3.63, 3.8) is 0 Å². The number of Topliss-reactive ketones (excluding diaryl/α,β-unsaturated/α-hetero) is 2. The van der Waals surface area contributed by atoms with E-state index in [4.69, 9.17) is 14.5 Å². The number of hydrogen-bond donors (Lipinski definition) is 0. The predicted molar refractivity (Wildman–Crippen MR) is 151 cm³/mol. The van der Waals surface area contributed by atoms with Crippen molar-refractivity contribution in [2.75, 3.05) is 33.0 Å². The number of benzene rings is 3. The number of pyridine rings is 1. The minimum absolute atomic E-state index is 0.00558. The van der Waals surface area contributed by atoms with Gasteiger partial charge >= 0.3 is 0 Å². The summed E-state index contributed by atoms with van der Waals surface area (Å²) in [6.45, 7) is 2.59. The summed E-state index contributed by atoms with van der Waals surface area (Å²) in [5.41, 5.74) is 1.91. The molecule has 1 fully saturated rings. The average Bonchev–Trinajstić information content (AvgIpc) is 3.62. The molecule has 0 saturated carbocycles. The SMILES string of the molecule is O=C1c2ccccc2C(=O)C1(c1ccc2ccccc2n1)N1CCN(C(Cc2ccccc2)C2=COCO2)CC1. The van der Waals surface area contributed by atoms with Gasteiger partial charge in [0.25, 0.3) is 0 Å². The maximum atomic E-state index is 14.3. The Morgan fingerprint density at radius 3 is 2.15 bits per heavy atom. The molecule has 0 radical (unpaired) electrons. The van der Waals surface area contributed by atoms with Gasteiger partial charge < -0.3 is 9.47 Å². The first kappa shape index (κ1) is 24.7. The molecule has 40 heavy (non-hydrogen) atoms. The van der Waals surface area contributed by atoms with Gasteiger partial charge in [0.15, 0.2) is 22.9 Å². The lowest BCUT2D eigenvalue weighted by atomic mass is 9.85. The molecule has 3 heterocycles. The topological polar surface area (TPSA) is 72.0 Å². The van der Waals surface area contributed by atoms with E-state index in [-0.39, 0.29) is 24.4 Å². The second kappa shape index (κ2) is 10.0. The molecule has 3 aromatic carbocycles. The van der Waals surface area contributed by atoms with E-state index >= 15 is 0 Å². The van der Waals surface area contributed by atoms with Crippen molar-refractivity contribution in [2.45, 2.75) is 18.0 Å². The van der Waals surface area contributed by atoms with Crippen molar-refractivity contribution >= 4 is 22.5 Å². The van der Waals surface area contributed by atoms with Crippen molar-refractivity contribution in [3.8, 4) is 0 Å². The molecule has 200 valence electrons. The van der Waals surface area contributed by atoms with Crippen molar-refractivity contribution < 1.29 is 19.1 Å². The Labute approximate surface area is 232 Å². The molecule has 1 unspecified atom stereocenters. The third-order valence-corrected chi connectivity index (χ3v) is 8.37. The fraction of sp³-hybridized carbons (Fsp3) is 0.242. The summed E-state index contributed by atoms with van der Waals surface area (Å²) in [5.74, 6) is 0.421. The van der Waals surface area contributed by atoms with Crippen LogP contribution in [0.1, 0.15) is 32.0 Å². The van der Waals surface area contributed by atoms with E-state index in [0.717, 1.165) is 23.1 Å². The minimum Gasteiger partial charge on any atom is -0.462 e. The summed E-state index contributed by atoms with van der Waals surface area (Å²) in [5, 5.41) is 0.970. The van der Waals surface area contributed by atoms with E-state index in [1.807, 2.05) is 71.6 Å². The van der Waals surface area contributed by atoms with E-state index in [9.17, 15) is 9.59 Å². The number of fused-ring (bicyclic) bond motifs is 2. The first-order valence-corrected chi connectivity index (χ1v) is 13.7. The van der Waals surface area contributed by atoms with Crippen LogP contribution in [0.2, 0.25) is 0 Å². The number of ether oxygens (including phenoxy) is 2. The molecule has 3 aliphatic rings. The molecule has 1 aliphatic carbocycles. The quantitative estimate of drug-likeness (QED) is 0.337. The molecule has 1 aromatic heterocycles. The third-order valence-electron chi connectivity index (χ3n) is 8.37. The number of carbonyl (C=O) groups excluding carboxylic acids is 2. The molecule has 0 bridgehead atoms. The molecule has 7 heteroatoms. The average molecular weight is 532 g/mol. The van der Waals surface area contributed by atoms with Gasteiger partial charge in [-0.05, 0) is 24.1 Å². The molecule has 0 spiro atoms. The van der Waals surface area contributed by atoms with E-state index in [1.54, 1.807) is 18.4 Å². The molecule has 1 saturated heterocycles. The predicted octanol–water partition coefficient (Wildman–Crippen LogP) is 4.58. The van der Waals surface area contributed by atoms with Crippen LogP contribution in [-0.4, -0.2) is 65.4 Å². The summed E-state index contributed by atoms with van der Waals surface area (Å²) >= 11 is 0. The van der Waals surface area contributed by atoms with Gasteiger partial charge in [0.05, 0.1) is 17.3 Å². The summed E-state index contributed by atoms with van der Waals surface area (Å²) in [6, 6.07) is 29.1. The second-order valence-electron chi connectivity index (χ2n) is 10.5. The first-order valence-electron chi connectivity index (χ1n) is 13.7. The summed E-state index contributed by atoms with van der Waals surface area (Å²) in [7, 11) is 0. The van der Waals surface area contributed by atoms with Gasteiger partial charge in [-0.15, -0.1) is 0 Å². The smallest absolute Gasteiger partial charge is 0.229 e. The zero-order valence-electron chi connectivity index (χ0n) is 22.0. The van der Waals surface area contributed by atoms with Crippen LogP contribution < -0.4 is 0 Å². The highest BCUT2D eigenvalue weighted by Gasteiger charge is 2.59. The third kappa shape index (κ3) is 3.93. The van der Waals surface area contributed by atoms with Crippen LogP contribution in [0.5, 0.6) is 0 Å². The van der Waals surface area contributed by atoms with E-state index in [2.05, 4.69) is 17.0 Å². The number of piperazine rings is 1. The van der Waals surface area contributed by atoms with E-state index in [0.29, 0.717) is 43.0 Å². The lowest BCUT2D eigenvalue weighted by Gasteiger charge is -2.45. The zero-order valence-corrected chi connectivity index (χ0v) is 22.0. The van der Waals surface area contributed by atoms with Crippen LogP contribution in [0.15, 0.2) is 103 Å². The first-order chi connectivity index (χ1) is 19.7. The van der Waals surface area contributed by atoms with Crippen LogP contribution in [0, 0.1) is 0 Å². The maximum Gasteiger partial charge on any atom is 0.229 e. The van der Waals surface area contributed by atoms with Gasteiger partial charge in [0, 0.05) is 42.7 Å². The number of nitrogens with zero attached hydrogens (tertiary/aromatic N) is 3. The Morgan fingerprint density at radius 2 is 1.45 bits per heavy atom. The second-order valence-corrected chi connectivity index (χ2v) is 10.5. The minimum atomic E-state index is -1.49. The maximum absolute atomic E-state index is 14.3. The van der Waals surface area contributed by atoms with Crippen LogP contribution >= 0.6 is 0 Å². The number of rotatable bonds is 6. The van der Waals surface area contributed by atoms with E-state index in [1.165, 1.54) is 5.56 Å². The highest BCUT2D eigenvalue weighted by Crippen LogP contribution is 2.43. The van der Waals surface area contributed by atoms with Crippen LogP contribution in [0.3, 0.4) is 0 Å². The molecule has 7 rings (SSSR count). The Morgan fingerprint density at radius 1 is 0.775 bits per heavy atom. The molecular formula is C33H29N3O4. The molecule has 0 amide bonds. The van der Waals surface area contributed by atoms with Gasteiger partial charge in [-0.2, -0.15) is 0 Å². The Bertz CT molecular complexity index is 1590. The molecule has 0 N–H and O–H groups in total. The van der Waals surface area contributed by atoms with Gasteiger partial charge in [0.1, 0.15) is 6.26 Å². The van der Waals surface area contributed by atoms with Crippen molar-refractivity contribution in [2.24, 2.45) is 0 Å². The molecular weight excluding hydrogens is 502 g/mol. The Kier molecular flexibility index (Phi) is 6.18. The number of carbonyl (C=O) groups is 2. The van der Waals surface area contributed by atoms with Crippen LogP contribution in [0.25, 0.3) is 10.9 Å². The fourth-order valence-corrected chi connectivity index (χ4v) is 6.36. The molecule has 7 nitrogen and oxygen atoms in total. The zero-order chi connectivity index (χ0) is 27.1. The monoisotopic (exact) mass is 531 g/mol. The van der Waals surface area contributed by atoms with Crippen molar-refractivity contribution in [1.82, 2.24) is 14.8 Å². The van der Waals surface area contributed by atoms with Gasteiger partial charge in [-0.25, -0.2) is 4.98 Å². The number of para-hydroxylation sites is 1. The normalized spacial score (nSPS) is 19.6. The Hall–Kier alpha value is -4.33. The van der Waals surface area contributed by atoms with Gasteiger partial charge in [-0.1, -0.05) is 78.9 Å². The molecule has 4 aromatic rings. The van der Waals surface area contributed by atoms with Crippen molar-refractivity contribution in [3.05, 3.63) is 125 Å². The van der Waals surface area contributed by atoms with Gasteiger partial charge in [-0.3, -0.25) is 19.4 Å². The van der Waals surface area contributed by atoms with Crippen molar-refractivity contribution in [1.29, 1.82) is 0 Å². The summed E-state index contributed by atoms with van der Waals surface area (Å²) < 4.78 is 11.3. The number of hydrogen-bond acceptors (Lipinski definition) is 7. The lowest BCUT2D eigenvalue weighted by Crippen LogP contribution is -2.62. The van der Waals surface area contributed by atoms with E-state index < -0.39 is 5.54 Å². The van der Waals surface area contributed by atoms with Gasteiger partial charge in [0.2, 0.25) is 6.79 Å². The molecule has 1 atom stereocenters. The standard InChI is InChI=1S/C33H29N3O4/c37-31-25-11-5-6-12-26(25)32(38)33(31,30-15-14-24-10-4-7-13-27(24)34-30)36-18-16-35(17-19-36)28(29-21-39-22-40-29)20-23-8-2-1-3-9-23/h1-15,21,28H,16-20,22H2. The number of aromatic nitrogens is 1. The fourth-order valence-electron chi connectivity index (χ4n) is 6.36. The number of ketones is 2. The highest BCUT2D eigenvalue weighted by atomic mass is 16.7. The largest absolute Gasteiger partial charge is 0.462 e. The summed E-state index contributed by atoms with van der Waals surface area (Å²) in [4.78, 5) is 37.9. The van der Waals surface area contributed by atoms with Crippen LogP contribution in [0.4, 0.5) is 0 Å². The lowest BCUT2D eigenvalue weighted by molar-refractivity contribution is 0.0128. The summed E-state index contributed by atoms with van der Waals surface area (Å²) in [6.07, 6.45) is 2.48. The highest BCUT2D eigenvalue weighted by molar-refractivity contribution is 6.32. The van der Waals surface area contributed by atoms with Crippen LogP contribution in [-0.2, 0) is 21.4 Å².